The van der Waals surface area contributed by atoms with E-state index in [9.17, 15) is 35.8 Å². The van der Waals surface area contributed by atoms with Crippen LogP contribution in [0.1, 0.15) is 31.4 Å². The molecule has 0 amide bonds. The summed E-state index contributed by atoms with van der Waals surface area (Å²) in [5, 5.41) is 10.6. The van der Waals surface area contributed by atoms with Gasteiger partial charge in [-0.3, -0.25) is 0 Å². The predicted molar refractivity (Wildman–Crippen MR) is 107 cm³/mol. The zero-order valence-electron chi connectivity index (χ0n) is 17.3. The Labute approximate surface area is 184 Å². The number of nitrogens with two attached hydrogens (primary N) is 1. The zero-order chi connectivity index (χ0) is 24.4. The molecule has 0 aliphatic carbocycles. The molecule has 33 heavy (non-hydrogen) atoms. The fourth-order valence-electron chi connectivity index (χ4n) is 3.57. The van der Waals surface area contributed by atoms with Crippen LogP contribution >= 0.6 is 0 Å². The number of aromatic nitrogens is 2. The third kappa shape index (κ3) is 5.57. The van der Waals surface area contributed by atoms with Gasteiger partial charge in [0.2, 0.25) is 5.95 Å². The number of anilines is 3. The molecule has 13 heteroatoms. The summed E-state index contributed by atoms with van der Waals surface area (Å²) < 4.78 is 93.3. The van der Waals surface area contributed by atoms with Crippen molar-refractivity contribution in [2.24, 2.45) is 0 Å². The SMILES string of the molecule is Nc1nc(N2CCCCCC(O)N(c3ccc(F)c(F)c3)CC2)cc(C(F)(F)C(F)(F)F)n1. The molecular weight excluding hydrogens is 459 g/mol. The van der Waals surface area contributed by atoms with E-state index >= 15 is 0 Å². The maximum Gasteiger partial charge on any atom is 0.459 e. The van der Waals surface area contributed by atoms with E-state index in [2.05, 4.69) is 9.97 Å². The summed E-state index contributed by atoms with van der Waals surface area (Å²) in [5.74, 6) is -8.39. The molecule has 0 saturated carbocycles. The van der Waals surface area contributed by atoms with Crippen molar-refractivity contribution in [1.82, 2.24) is 9.97 Å². The number of aliphatic hydroxyl groups excluding tert-OH is 1. The summed E-state index contributed by atoms with van der Waals surface area (Å²) in [6, 6.07) is 3.64. The Morgan fingerprint density at radius 2 is 1.64 bits per heavy atom. The highest BCUT2D eigenvalue weighted by molar-refractivity contribution is 5.49. The molecule has 0 radical (unpaired) electrons. The van der Waals surface area contributed by atoms with Gasteiger partial charge in [0, 0.05) is 37.5 Å². The molecule has 0 bridgehead atoms. The van der Waals surface area contributed by atoms with Gasteiger partial charge in [-0.2, -0.15) is 26.9 Å². The van der Waals surface area contributed by atoms with Crippen LogP contribution in [-0.4, -0.2) is 47.1 Å². The second kappa shape index (κ2) is 9.57. The number of halogens is 7. The van der Waals surface area contributed by atoms with Crippen LogP contribution < -0.4 is 15.5 Å². The predicted octanol–water partition coefficient (Wildman–Crippen LogP) is 4.20. The van der Waals surface area contributed by atoms with Crippen LogP contribution in [-0.2, 0) is 5.92 Å². The highest BCUT2D eigenvalue weighted by Crippen LogP contribution is 2.43. The van der Waals surface area contributed by atoms with Crippen molar-refractivity contribution < 1.29 is 35.8 Å². The van der Waals surface area contributed by atoms with E-state index in [0.717, 1.165) is 12.1 Å². The van der Waals surface area contributed by atoms with Gasteiger partial charge in [0.05, 0.1) is 0 Å². The number of alkyl halides is 5. The van der Waals surface area contributed by atoms with E-state index in [4.69, 9.17) is 5.73 Å². The van der Waals surface area contributed by atoms with Crippen LogP contribution in [0, 0.1) is 11.6 Å². The lowest BCUT2D eigenvalue weighted by atomic mass is 10.1. The summed E-state index contributed by atoms with van der Waals surface area (Å²) >= 11 is 0. The number of aliphatic hydroxyl groups is 1. The van der Waals surface area contributed by atoms with Crippen molar-refractivity contribution in [1.29, 1.82) is 0 Å². The summed E-state index contributed by atoms with van der Waals surface area (Å²) in [4.78, 5) is 9.74. The molecule has 3 rings (SSSR count). The molecule has 0 spiro atoms. The van der Waals surface area contributed by atoms with Gasteiger partial charge >= 0.3 is 12.1 Å². The van der Waals surface area contributed by atoms with Gasteiger partial charge in [0.15, 0.2) is 11.6 Å². The number of hydrogen-bond donors (Lipinski definition) is 2. The molecule has 6 nitrogen and oxygen atoms in total. The summed E-state index contributed by atoms with van der Waals surface area (Å²) in [5.41, 5.74) is 4.04. The van der Waals surface area contributed by atoms with Gasteiger partial charge < -0.3 is 20.6 Å². The van der Waals surface area contributed by atoms with Gasteiger partial charge in [-0.05, 0) is 31.4 Å². The average Bonchev–Trinajstić information content (AvgIpc) is 2.73. The second-order valence-electron chi connectivity index (χ2n) is 7.65. The molecule has 1 aliphatic rings. The highest BCUT2D eigenvalue weighted by atomic mass is 19.4. The van der Waals surface area contributed by atoms with Gasteiger partial charge in [0.1, 0.15) is 17.7 Å². The topological polar surface area (TPSA) is 78.5 Å². The lowest BCUT2D eigenvalue weighted by Gasteiger charge is -2.34. The van der Waals surface area contributed by atoms with Gasteiger partial charge in [-0.1, -0.05) is 6.42 Å². The first-order valence-corrected chi connectivity index (χ1v) is 10.1. The summed E-state index contributed by atoms with van der Waals surface area (Å²) in [6.07, 6.45) is -4.84. The zero-order valence-corrected chi connectivity index (χ0v) is 17.3. The maximum atomic E-state index is 13.9. The molecule has 1 saturated heterocycles. The van der Waals surface area contributed by atoms with E-state index < -0.39 is 41.6 Å². The Morgan fingerprint density at radius 3 is 2.30 bits per heavy atom. The Morgan fingerprint density at radius 1 is 0.909 bits per heavy atom. The first kappa shape index (κ1) is 24.8. The van der Waals surface area contributed by atoms with Gasteiger partial charge in [-0.15, -0.1) is 0 Å². The lowest BCUT2D eigenvalue weighted by Crippen LogP contribution is -2.43. The van der Waals surface area contributed by atoms with Crippen LogP contribution in [0.15, 0.2) is 24.3 Å². The third-order valence-corrected chi connectivity index (χ3v) is 5.33. The van der Waals surface area contributed by atoms with Gasteiger partial charge in [-0.25, -0.2) is 13.8 Å². The Kier molecular flexibility index (Phi) is 7.20. The van der Waals surface area contributed by atoms with E-state index in [0.29, 0.717) is 31.7 Å². The van der Waals surface area contributed by atoms with Crippen LogP contribution in [0.2, 0.25) is 0 Å². The molecule has 1 unspecified atom stereocenters. The molecular formula is C20H22F7N5O. The highest BCUT2D eigenvalue weighted by Gasteiger charge is 2.60. The fourth-order valence-corrected chi connectivity index (χ4v) is 3.57. The third-order valence-electron chi connectivity index (χ3n) is 5.33. The largest absolute Gasteiger partial charge is 0.459 e. The number of hydrogen-bond acceptors (Lipinski definition) is 6. The first-order valence-electron chi connectivity index (χ1n) is 10.1. The van der Waals surface area contributed by atoms with Crippen molar-refractivity contribution in [2.45, 2.75) is 44.0 Å². The molecule has 1 aliphatic heterocycles. The molecule has 3 N–H and O–H groups in total. The number of rotatable bonds is 3. The molecule has 2 aromatic rings. The van der Waals surface area contributed by atoms with Crippen molar-refractivity contribution >= 4 is 17.5 Å². The van der Waals surface area contributed by atoms with E-state index in [1.165, 1.54) is 15.9 Å². The van der Waals surface area contributed by atoms with Gasteiger partial charge in [0.25, 0.3) is 0 Å². The van der Waals surface area contributed by atoms with Crippen molar-refractivity contribution in [3.05, 3.63) is 41.6 Å². The molecule has 182 valence electrons. The Bertz CT molecular complexity index is 972. The first-order chi connectivity index (χ1) is 15.4. The minimum atomic E-state index is -5.87. The van der Waals surface area contributed by atoms with Crippen molar-refractivity contribution in [3.8, 4) is 0 Å². The molecule has 1 aromatic heterocycles. The quantitative estimate of drug-likeness (QED) is 0.640. The van der Waals surface area contributed by atoms with Crippen LogP contribution in [0.3, 0.4) is 0 Å². The van der Waals surface area contributed by atoms with Crippen molar-refractivity contribution in [2.75, 3.05) is 35.2 Å². The fraction of sp³-hybridized carbons (Fsp3) is 0.500. The Hall–Kier alpha value is -2.83. The summed E-state index contributed by atoms with van der Waals surface area (Å²) in [6.45, 7) is 0.292. The summed E-state index contributed by atoms with van der Waals surface area (Å²) in [7, 11) is 0. The minimum absolute atomic E-state index is 0.0150. The monoisotopic (exact) mass is 481 g/mol. The molecule has 1 atom stereocenters. The molecule has 2 heterocycles. The van der Waals surface area contributed by atoms with Crippen molar-refractivity contribution in [3.63, 3.8) is 0 Å². The normalized spacial score (nSPS) is 19.0. The molecule has 1 fully saturated rings. The van der Waals surface area contributed by atoms with Crippen LogP contribution in [0.25, 0.3) is 0 Å². The molecule has 1 aromatic carbocycles. The van der Waals surface area contributed by atoms with E-state index in [1.54, 1.807) is 0 Å². The Balaban J connectivity index is 1.92. The number of nitrogen functional groups attached to an aromatic ring is 1. The lowest BCUT2D eigenvalue weighted by molar-refractivity contribution is -0.290. The average molecular weight is 481 g/mol. The van der Waals surface area contributed by atoms with Crippen LogP contribution in [0.4, 0.5) is 48.2 Å². The van der Waals surface area contributed by atoms with E-state index in [-0.39, 0.29) is 31.1 Å². The maximum absolute atomic E-state index is 13.9. The second-order valence-corrected chi connectivity index (χ2v) is 7.65. The number of nitrogens with zero attached hydrogens (tertiary/aromatic N) is 4. The van der Waals surface area contributed by atoms with Crippen LogP contribution in [0.5, 0.6) is 0 Å². The number of benzene rings is 1. The van der Waals surface area contributed by atoms with E-state index in [1.807, 2.05) is 0 Å². The minimum Gasteiger partial charge on any atom is -0.374 e. The smallest absolute Gasteiger partial charge is 0.374 e. The standard InChI is InChI=1S/C20H22F7N5O/c21-13-6-5-12(10-14(13)22)32-9-8-31(7-3-1-2-4-17(32)33)16-11-15(29-18(28)30-16)19(23,24)20(25,26)27/h5-6,10-11,17,33H,1-4,7-9H2,(H2,28,29,30).